The molecule has 0 saturated heterocycles. The molecule has 0 aromatic rings. The first-order valence-electron chi connectivity index (χ1n) is 5.31. The summed E-state index contributed by atoms with van der Waals surface area (Å²) in [4.78, 5) is 21.8. The molecule has 1 atom stereocenters. The van der Waals surface area contributed by atoms with E-state index in [1.165, 1.54) is 6.92 Å². The Morgan fingerprint density at radius 3 is 2.50 bits per heavy atom. The molecule has 1 fully saturated rings. The first-order valence-corrected chi connectivity index (χ1v) is 5.31. The molecule has 2 amide bonds. The summed E-state index contributed by atoms with van der Waals surface area (Å²) < 4.78 is 5.32. The number of nitrogens with one attached hydrogen (secondary N) is 2. The van der Waals surface area contributed by atoms with E-state index in [9.17, 15) is 9.59 Å². The molecule has 1 aliphatic carbocycles. The summed E-state index contributed by atoms with van der Waals surface area (Å²) in [7, 11) is 1.62. The SMILES string of the molecule is COC1(CNC(=O)N[C@H](C)C(=O)O)CCC1. The van der Waals surface area contributed by atoms with Gasteiger partial charge in [0.1, 0.15) is 6.04 Å². The number of methoxy groups -OCH3 is 1. The highest BCUT2D eigenvalue weighted by molar-refractivity contribution is 5.82. The fourth-order valence-corrected chi connectivity index (χ4v) is 1.57. The molecular weight excluding hydrogens is 212 g/mol. The van der Waals surface area contributed by atoms with Crippen molar-refractivity contribution in [2.24, 2.45) is 0 Å². The van der Waals surface area contributed by atoms with Gasteiger partial charge in [0.05, 0.1) is 5.60 Å². The maximum Gasteiger partial charge on any atom is 0.325 e. The quantitative estimate of drug-likeness (QED) is 0.635. The van der Waals surface area contributed by atoms with Crippen LogP contribution < -0.4 is 10.6 Å². The molecule has 16 heavy (non-hydrogen) atoms. The standard InChI is InChI=1S/C10H18N2O4/c1-7(8(13)14)12-9(15)11-6-10(16-2)4-3-5-10/h7H,3-6H2,1-2H3,(H,13,14)(H2,11,12,15)/t7-/m1/s1. The number of carboxylic acids is 1. The van der Waals surface area contributed by atoms with Crippen LogP contribution in [0.1, 0.15) is 26.2 Å². The van der Waals surface area contributed by atoms with E-state index < -0.39 is 18.0 Å². The van der Waals surface area contributed by atoms with Crippen LogP contribution in [0.5, 0.6) is 0 Å². The Balaban J connectivity index is 2.27. The van der Waals surface area contributed by atoms with Crippen LogP contribution >= 0.6 is 0 Å². The lowest BCUT2D eigenvalue weighted by molar-refractivity contribution is -0.138. The van der Waals surface area contributed by atoms with E-state index in [4.69, 9.17) is 9.84 Å². The average molecular weight is 230 g/mol. The fraction of sp³-hybridized carbons (Fsp3) is 0.800. The number of hydrogen-bond acceptors (Lipinski definition) is 3. The van der Waals surface area contributed by atoms with Crippen molar-refractivity contribution in [2.45, 2.75) is 37.8 Å². The van der Waals surface area contributed by atoms with Crippen molar-refractivity contribution in [3.63, 3.8) is 0 Å². The summed E-state index contributed by atoms with van der Waals surface area (Å²) in [6.45, 7) is 1.83. The van der Waals surface area contributed by atoms with Gasteiger partial charge in [0.15, 0.2) is 0 Å². The Morgan fingerprint density at radius 1 is 1.50 bits per heavy atom. The summed E-state index contributed by atoms with van der Waals surface area (Å²) in [6.07, 6.45) is 2.96. The van der Waals surface area contributed by atoms with E-state index in [0.29, 0.717) is 6.54 Å². The lowest BCUT2D eigenvalue weighted by Gasteiger charge is -2.40. The largest absolute Gasteiger partial charge is 0.480 e. The van der Waals surface area contributed by atoms with Gasteiger partial charge in [-0.25, -0.2) is 4.79 Å². The van der Waals surface area contributed by atoms with Gasteiger partial charge in [-0.1, -0.05) is 0 Å². The molecule has 0 bridgehead atoms. The Hall–Kier alpha value is -1.30. The van der Waals surface area contributed by atoms with Crippen LogP contribution in [-0.2, 0) is 9.53 Å². The van der Waals surface area contributed by atoms with Crippen molar-refractivity contribution in [3.8, 4) is 0 Å². The lowest BCUT2D eigenvalue weighted by atomic mass is 9.80. The topological polar surface area (TPSA) is 87.7 Å². The van der Waals surface area contributed by atoms with Gasteiger partial charge in [0, 0.05) is 13.7 Å². The average Bonchev–Trinajstić information content (AvgIpc) is 2.16. The van der Waals surface area contributed by atoms with Gasteiger partial charge in [-0.15, -0.1) is 0 Å². The van der Waals surface area contributed by atoms with Crippen molar-refractivity contribution >= 4 is 12.0 Å². The first-order chi connectivity index (χ1) is 7.49. The molecule has 0 aromatic carbocycles. The van der Waals surface area contributed by atoms with E-state index >= 15 is 0 Å². The third-order valence-corrected chi connectivity index (χ3v) is 2.99. The number of ether oxygens (including phenoxy) is 1. The number of carboxylic acid groups (broad SMARTS) is 1. The minimum atomic E-state index is -1.06. The van der Waals surface area contributed by atoms with E-state index in [1.54, 1.807) is 7.11 Å². The van der Waals surface area contributed by atoms with Crippen molar-refractivity contribution in [3.05, 3.63) is 0 Å². The smallest absolute Gasteiger partial charge is 0.325 e. The predicted octanol–water partition coefficient (Wildman–Crippen LogP) is 0.328. The summed E-state index contributed by atoms with van der Waals surface area (Å²) in [5.74, 6) is -1.06. The molecule has 0 radical (unpaired) electrons. The highest BCUT2D eigenvalue weighted by Gasteiger charge is 2.37. The summed E-state index contributed by atoms with van der Waals surface area (Å²) in [5.41, 5.74) is -0.246. The van der Waals surface area contributed by atoms with Gasteiger partial charge < -0.3 is 20.5 Å². The fourth-order valence-electron chi connectivity index (χ4n) is 1.57. The minimum absolute atomic E-state index is 0.246. The zero-order valence-electron chi connectivity index (χ0n) is 9.58. The number of urea groups is 1. The third-order valence-electron chi connectivity index (χ3n) is 2.99. The minimum Gasteiger partial charge on any atom is -0.480 e. The lowest BCUT2D eigenvalue weighted by Crippen LogP contribution is -2.53. The molecule has 3 N–H and O–H groups in total. The van der Waals surface area contributed by atoms with Crippen LogP contribution in [0.25, 0.3) is 0 Å². The maximum absolute atomic E-state index is 11.3. The Kier molecular flexibility index (Phi) is 4.12. The number of amides is 2. The van der Waals surface area contributed by atoms with Gasteiger partial charge >= 0.3 is 12.0 Å². The second-order valence-corrected chi connectivity index (χ2v) is 4.13. The van der Waals surface area contributed by atoms with Crippen molar-refractivity contribution in [1.29, 1.82) is 0 Å². The number of carbonyl (C=O) groups is 2. The van der Waals surface area contributed by atoms with Crippen LogP contribution in [0.15, 0.2) is 0 Å². The summed E-state index contributed by atoms with van der Waals surface area (Å²) in [6, 6.07) is -1.36. The van der Waals surface area contributed by atoms with Gasteiger partial charge in [0.2, 0.25) is 0 Å². The Morgan fingerprint density at radius 2 is 2.12 bits per heavy atom. The van der Waals surface area contributed by atoms with Crippen molar-refractivity contribution in [1.82, 2.24) is 10.6 Å². The maximum atomic E-state index is 11.3. The second kappa shape index (κ2) is 5.16. The highest BCUT2D eigenvalue weighted by Crippen LogP contribution is 2.34. The van der Waals surface area contributed by atoms with Gasteiger partial charge in [-0.2, -0.15) is 0 Å². The van der Waals surface area contributed by atoms with Gasteiger partial charge in [-0.05, 0) is 26.2 Å². The molecule has 92 valence electrons. The molecule has 1 saturated carbocycles. The van der Waals surface area contributed by atoms with Crippen molar-refractivity contribution < 1.29 is 19.4 Å². The van der Waals surface area contributed by atoms with Crippen molar-refractivity contribution in [2.75, 3.05) is 13.7 Å². The number of hydrogen-bond donors (Lipinski definition) is 3. The van der Waals surface area contributed by atoms with Crippen LogP contribution in [0, 0.1) is 0 Å². The molecule has 0 spiro atoms. The molecule has 6 heteroatoms. The first kappa shape index (κ1) is 12.8. The normalized spacial score (nSPS) is 19.4. The highest BCUT2D eigenvalue weighted by atomic mass is 16.5. The number of rotatable bonds is 5. The Labute approximate surface area is 94.3 Å². The molecule has 6 nitrogen and oxygen atoms in total. The Bertz CT molecular complexity index is 270. The molecule has 0 aromatic heterocycles. The molecule has 1 aliphatic rings. The molecule has 1 rings (SSSR count). The summed E-state index contributed by atoms with van der Waals surface area (Å²) >= 11 is 0. The van der Waals surface area contributed by atoms with E-state index in [1.807, 2.05) is 0 Å². The zero-order valence-corrected chi connectivity index (χ0v) is 9.58. The second-order valence-electron chi connectivity index (χ2n) is 4.13. The molecule has 0 aliphatic heterocycles. The number of aliphatic carboxylic acids is 1. The zero-order chi connectivity index (χ0) is 12.2. The molecular formula is C10H18N2O4. The van der Waals surface area contributed by atoms with Crippen LogP contribution in [0.4, 0.5) is 4.79 Å². The number of carbonyl (C=O) groups excluding carboxylic acids is 1. The van der Waals surface area contributed by atoms with Crippen LogP contribution in [0.3, 0.4) is 0 Å². The van der Waals surface area contributed by atoms with E-state index in [-0.39, 0.29) is 5.60 Å². The predicted molar refractivity (Wildman–Crippen MR) is 57.2 cm³/mol. The van der Waals surface area contributed by atoms with E-state index in [2.05, 4.69) is 10.6 Å². The third kappa shape index (κ3) is 3.10. The molecule has 0 unspecified atom stereocenters. The van der Waals surface area contributed by atoms with E-state index in [0.717, 1.165) is 19.3 Å². The van der Waals surface area contributed by atoms with Gasteiger partial charge in [0.25, 0.3) is 0 Å². The van der Waals surface area contributed by atoms with Gasteiger partial charge in [-0.3, -0.25) is 4.79 Å². The van der Waals surface area contributed by atoms with Crippen LogP contribution in [-0.4, -0.2) is 42.4 Å². The molecule has 0 heterocycles. The monoisotopic (exact) mass is 230 g/mol. The summed E-state index contributed by atoms with van der Waals surface area (Å²) in [5, 5.41) is 13.5. The van der Waals surface area contributed by atoms with Crippen LogP contribution in [0.2, 0.25) is 0 Å².